The summed E-state index contributed by atoms with van der Waals surface area (Å²) in [7, 11) is 0. The highest BCUT2D eigenvalue weighted by Gasteiger charge is 2.37. The molecule has 0 bridgehead atoms. The summed E-state index contributed by atoms with van der Waals surface area (Å²) in [6.45, 7) is 0.807. The number of hydrogen-bond acceptors (Lipinski definition) is 3. The van der Waals surface area contributed by atoms with E-state index in [4.69, 9.17) is 11.6 Å². The maximum Gasteiger partial charge on any atom is 0.433 e. The third kappa shape index (κ3) is 2.56. The quantitative estimate of drug-likeness (QED) is 0.737. The third-order valence-electron chi connectivity index (χ3n) is 2.18. The van der Waals surface area contributed by atoms with Crippen molar-refractivity contribution in [1.82, 2.24) is 15.3 Å². The summed E-state index contributed by atoms with van der Waals surface area (Å²) in [5, 5.41) is 2.57. The summed E-state index contributed by atoms with van der Waals surface area (Å²) in [4.78, 5) is 7.04. The second-order valence-corrected chi connectivity index (χ2v) is 3.53. The van der Waals surface area contributed by atoms with Gasteiger partial charge in [0.25, 0.3) is 0 Å². The molecule has 90 valence electrons. The number of rotatable bonds is 0. The maximum atomic E-state index is 12.6. The van der Waals surface area contributed by atoms with Crippen LogP contribution in [0.1, 0.15) is 17.0 Å². The monoisotopic (exact) mass is 273 g/mol. The van der Waals surface area contributed by atoms with Crippen molar-refractivity contribution >= 4 is 24.0 Å². The summed E-state index contributed by atoms with van der Waals surface area (Å²) >= 11 is 5.44. The van der Waals surface area contributed by atoms with Gasteiger partial charge in [-0.3, -0.25) is 0 Å². The molecule has 16 heavy (non-hydrogen) atoms. The Balaban J connectivity index is 0.00000128. The molecule has 3 nitrogen and oxygen atoms in total. The van der Waals surface area contributed by atoms with Gasteiger partial charge in [-0.25, -0.2) is 9.97 Å². The largest absolute Gasteiger partial charge is 0.433 e. The molecule has 2 rings (SSSR count). The van der Waals surface area contributed by atoms with Crippen LogP contribution in [0.2, 0.25) is 5.28 Å². The fourth-order valence-corrected chi connectivity index (χ4v) is 1.75. The molecule has 0 atom stereocenters. The van der Waals surface area contributed by atoms with Gasteiger partial charge >= 0.3 is 6.18 Å². The molecule has 0 aromatic carbocycles. The molecule has 0 saturated heterocycles. The lowest BCUT2D eigenvalue weighted by molar-refractivity contribution is -0.142. The van der Waals surface area contributed by atoms with Gasteiger partial charge in [0.05, 0.1) is 5.69 Å². The number of fused-ring (bicyclic) bond motifs is 1. The zero-order valence-electron chi connectivity index (χ0n) is 7.94. The molecule has 0 amide bonds. The van der Waals surface area contributed by atoms with Gasteiger partial charge in [-0.05, 0) is 24.6 Å². The van der Waals surface area contributed by atoms with Gasteiger partial charge < -0.3 is 5.32 Å². The molecule has 0 radical (unpaired) electrons. The SMILES string of the molecule is Cl.FC(F)(F)c1nc(Cl)nc2c1CCNC2. The van der Waals surface area contributed by atoms with Crippen LogP contribution in [0.5, 0.6) is 0 Å². The standard InChI is InChI=1S/C8H7ClF3N3.ClH/c9-7-14-5-3-13-2-1-4(5)6(15-7)8(10,11)12;/h13H,1-3H2;1H. The highest BCUT2D eigenvalue weighted by Crippen LogP contribution is 2.33. The highest BCUT2D eigenvalue weighted by atomic mass is 35.5. The zero-order chi connectivity index (χ0) is 11.1. The normalized spacial score (nSPS) is 15.2. The van der Waals surface area contributed by atoms with Gasteiger partial charge in [0, 0.05) is 12.1 Å². The van der Waals surface area contributed by atoms with Crippen molar-refractivity contribution in [2.75, 3.05) is 6.54 Å². The molecule has 1 aromatic rings. The average molecular weight is 274 g/mol. The maximum absolute atomic E-state index is 12.6. The van der Waals surface area contributed by atoms with Crippen molar-refractivity contribution in [3.63, 3.8) is 0 Å². The summed E-state index contributed by atoms with van der Waals surface area (Å²) in [6, 6.07) is 0. The molecule has 0 aliphatic carbocycles. The third-order valence-corrected chi connectivity index (χ3v) is 2.35. The first-order chi connectivity index (χ1) is 6.98. The van der Waals surface area contributed by atoms with Crippen molar-refractivity contribution in [2.24, 2.45) is 0 Å². The molecule has 0 saturated carbocycles. The molecule has 1 aromatic heterocycles. The minimum absolute atomic E-state index is 0. The van der Waals surface area contributed by atoms with Crippen LogP contribution in [-0.4, -0.2) is 16.5 Å². The fourth-order valence-electron chi connectivity index (χ4n) is 1.56. The lowest BCUT2D eigenvalue weighted by Crippen LogP contribution is -2.28. The lowest BCUT2D eigenvalue weighted by Gasteiger charge is -2.19. The number of aromatic nitrogens is 2. The number of nitrogens with zero attached hydrogens (tertiary/aromatic N) is 2. The molecule has 1 aliphatic heterocycles. The van der Waals surface area contributed by atoms with E-state index in [1.54, 1.807) is 0 Å². The molecule has 1 aliphatic rings. The molecule has 0 unspecified atom stereocenters. The first-order valence-corrected chi connectivity index (χ1v) is 4.69. The van der Waals surface area contributed by atoms with Crippen LogP contribution in [0.3, 0.4) is 0 Å². The summed E-state index contributed by atoms with van der Waals surface area (Å²) in [5.74, 6) is 0. The van der Waals surface area contributed by atoms with E-state index < -0.39 is 11.9 Å². The fraction of sp³-hybridized carbons (Fsp3) is 0.500. The molecule has 8 heteroatoms. The van der Waals surface area contributed by atoms with Crippen LogP contribution in [-0.2, 0) is 19.1 Å². The second-order valence-electron chi connectivity index (χ2n) is 3.19. The Morgan fingerprint density at radius 1 is 1.25 bits per heavy atom. The topological polar surface area (TPSA) is 37.8 Å². The Morgan fingerprint density at radius 2 is 1.94 bits per heavy atom. The van der Waals surface area contributed by atoms with Crippen molar-refractivity contribution in [3.05, 3.63) is 22.2 Å². The minimum Gasteiger partial charge on any atom is -0.311 e. The van der Waals surface area contributed by atoms with Crippen LogP contribution in [0.15, 0.2) is 0 Å². The lowest BCUT2D eigenvalue weighted by atomic mass is 10.0. The predicted octanol–water partition coefficient (Wildman–Crippen LogP) is 2.22. The Kier molecular flexibility index (Phi) is 3.98. The minimum atomic E-state index is -4.46. The number of halogens is 5. The number of alkyl halides is 3. The molecule has 2 heterocycles. The van der Waals surface area contributed by atoms with Gasteiger partial charge in [-0.2, -0.15) is 13.2 Å². The molecule has 0 fully saturated rings. The number of hydrogen-bond donors (Lipinski definition) is 1. The first-order valence-electron chi connectivity index (χ1n) is 4.31. The van der Waals surface area contributed by atoms with E-state index in [0.29, 0.717) is 18.8 Å². The molecular formula is C8H8Cl2F3N3. The van der Waals surface area contributed by atoms with Crippen LogP contribution < -0.4 is 5.32 Å². The van der Waals surface area contributed by atoms with E-state index >= 15 is 0 Å². The van der Waals surface area contributed by atoms with E-state index in [1.165, 1.54) is 0 Å². The number of nitrogens with one attached hydrogen (secondary N) is 1. The molecular weight excluding hydrogens is 266 g/mol. The predicted molar refractivity (Wildman–Crippen MR) is 54.7 cm³/mol. The van der Waals surface area contributed by atoms with Crippen LogP contribution in [0, 0.1) is 0 Å². The van der Waals surface area contributed by atoms with Crippen molar-refractivity contribution < 1.29 is 13.2 Å². The average Bonchev–Trinajstić information content (AvgIpc) is 2.15. The van der Waals surface area contributed by atoms with Crippen LogP contribution in [0.25, 0.3) is 0 Å². The van der Waals surface area contributed by atoms with Gasteiger partial charge in [0.2, 0.25) is 5.28 Å². The van der Waals surface area contributed by atoms with Gasteiger partial charge in [0.15, 0.2) is 5.69 Å². The Bertz CT molecular complexity index is 395. The Morgan fingerprint density at radius 3 is 2.56 bits per heavy atom. The van der Waals surface area contributed by atoms with E-state index in [-0.39, 0.29) is 29.7 Å². The highest BCUT2D eigenvalue weighted by molar-refractivity contribution is 6.28. The van der Waals surface area contributed by atoms with Gasteiger partial charge in [-0.15, -0.1) is 12.4 Å². The van der Waals surface area contributed by atoms with Gasteiger partial charge in [0.1, 0.15) is 0 Å². The Hall–Kier alpha value is -0.590. The van der Waals surface area contributed by atoms with Crippen molar-refractivity contribution in [1.29, 1.82) is 0 Å². The van der Waals surface area contributed by atoms with E-state index in [9.17, 15) is 13.2 Å². The first kappa shape index (κ1) is 13.5. The molecule has 0 spiro atoms. The smallest absolute Gasteiger partial charge is 0.311 e. The summed E-state index contributed by atoms with van der Waals surface area (Å²) < 4.78 is 37.8. The van der Waals surface area contributed by atoms with Crippen molar-refractivity contribution in [2.45, 2.75) is 19.1 Å². The molecule has 1 N–H and O–H groups in total. The van der Waals surface area contributed by atoms with Crippen LogP contribution in [0.4, 0.5) is 13.2 Å². The van der Waals surface area contributed by atoms with E-state index in [0.717, 1.165) is 0 Å². The van der Waals surface area contributed by atoms with Crippen molar-refractivity contribution in [3.8, 4) is 0 Å². The van der Waals surface area contributed by atoms with Crippen LogP contribution >= 0.6 is 24.0 Å². The summed E-state index contributed by atoms with van der Waals surface area (Å²) in [5.41, 5.74) is -0.404. The summed E-state index contributed by atoms with van der Waals surface area (Å²) in [6.07, 6.45) is -4.19. The van der Waals surface area contributed by atoms with E-state index in [1.807, 2.05) is 0 Å². The van der Waals surface area contributed by atoms with E-state index in [2.05, 4.69) is 15.3 Å². The van der Waals surface area contributed by atoms with Gasteiger partial charge in [-0.1, -0.05) is 0 Å². The second kappa shape index (κ2) is 4.73. The Labute approximate surface area is 101 Å². The zero-order valence-corrected chi connectivity index (χ0v) is 9.51.